The summed E-state index contributed by atoms with van der Waals surface area (Å²) < 4.78 is 0. The molecule has 0 N–H and O–H groups in total. The van der Waals surface area contributed by atoms with E-state index in [0.717, 1.165) is 0 Å². The summed E-state index contributed by atoms with van der Waals surface area (Å²) in [5, 5.41) is 0. The first-order valence-corrected chi connectivity index (χ1v) is 3.69. The molecule has 1 aliphatic rings. The van der Waals surface area contributed by atoms with Gasteiger partial charge in [0.1, 0.15) is 0 Å². The number of rotatable bonds is 1. The molecule has 52 valence electrons. The van der Waals surface area contributed by atoms with Crippen LogP contribution in [0.5, 0.6) is 0 Å². The minimum atomic E-state index is 1.19. The van der Waals surface area contributed by atoms with Crippen molar-refractivity contribution < 1.29 is 0 Å². The van der Waals surface area contributed by atoms with Gasteiger partial charge < -0.3 is 4.90 Å². The van der Waals surface area contributed by atoms with E-state index in [9.17, 15) is 0 Å². The van der Waals surface area contributed by atoms with Gasteiger partial charge in [0.05, 0.1) is 0 Å². The van der Waals surface area contributed by atoms with E-state index in [1.807, 2.05) is 0 Å². The summed E-state index contributed by atoms with van der Waals surface area (Å²) in [6, 6.07) is 0. The third-order valence-electron chi connectivity index (χ3n) is 1.87. The Bertz CT molecular complexity index is 116. The van der Waals surface area contributed by atoms with Crippen LogP contribution in [0.4, 0.5) is 0 Å². The first-order valence-electron chi connectivity index (χ1n) is 3.69. The largest absolute Gasteiger partial charge is 0.302 e. The van der Waals surface area contributed by atoms with Crippen LogP contribution in [0.25, 0.3) is 0 Å². The van der Waals surface area contributed by atoms with Gasteiger partial charge in [0, 0.05) is 13.1 Å². The van der Waals surface area contributed by atoms with E-state index in [2.05, 4.69) is 24.9 Å². The maximum Gasteiger partial charge on any atom is 0.0189 e. The highest BCUT2D eigenvalue weighted by atomic mass is 15.1. The monoisotopic (exact) mass is 125 g/mol. The fraction of sp³-hybridized carbons (Fsp3) is 0.750. The van der Waals surface area contributed by atoms with Crippen LogP contribution in [0.15, 0.2) is 11.6 Å². The zero-order valence-electron chi connectivity index (χ0n) is 6.35. The first kappa shape index (κ1) is 6.81. The van der Waals surface area contributed by atoms with Crippen molar-refractivity contribution in [1.29, 1.82) is 0 Å². The minimum absolute atomic E-state index is 1.19. The van der Waals surface area contributed by atoms with E-state index in [4.69, 9.17) is 0 Å². The summed E-state index contributed by atoms with van der Waals surface area (Å²) in [5.74, 6) is 0. The van der Waals surface area contributed by atoms with E-state index in [-0.39, 0.29) is 0 Å². The van der Waals surface area contributed by atoms with Crippen molar-refractivity contribution in [2.75, 3.05) is 20.1 Å². The predicted molar refractivity (Wildman–Crippen MR) is 40.5 cm³/mol. The lowest BCUT2D eigenvalue weighted by atomic mass is 10.1. The molecule has 1 rings (SSSR count). The van der Waals surface area contributed by atoms with Crippen LogP contribution in [0.1, 0.15) is 19.8 Å². The Hall–Kier alpha value is -0.300. The van der Waals surface area contributed by atoms with E-state index in [1.165, 1.54) is 25.9 Å². The van der Waals surface area contributed by atoms with Gasteiger partial charge in [0.2, 0.25) is 0 Å². The molecule has 1 aliphatic heterocycles. The topological polar surface area (TPSA) is 3.24 Å². The molecule has 0 fully saturated rings. The molecule has 0 saturated heterocycles. The van der Waals surface area contributed by atoms with Gasteiger partial charge in [-0.1, -0.05) is 18.6 Å². The van der Waals surface area contributed by atoms with Crippen LogP contribution in [-0.2, 0) is 0 Å². The van der Waals surface area contributed by atoms with Crippen LogP contribution >= 0.6 is 0 Å². The number of hydrogen-bond donors (Lipinski definition) is 0. The van der Waals surface area contributed by atoms with Gasteiger partial charge >= 0.3 is 0 Å². The van der Waals surface area contributed by atoms with Crippen molar-refractivity contribution >= 4 is 0 Å². The second-order valence-corrected chi connectivity index (χ2v) is 2.74. The molecule has 0 amide bonds. The summed E-state index contributed by atoms with van der Waals surface area (Å²) in [4.78, 5) is 2.37. The lowest BCUT2D eigenvalue weighted by molar-refractivity contribution is 0.351. The molecule has 0 bridgehead atoms. The van der Waals surface area contributed by atoms with Crippen LogP contribution in [-0.4, -0.2) is 25.0 Å². The standard InChI is InChI=1S/C8H15N/c1-3-8-5-4-6-9(2)7-8/h5H,3-4,6-7H2,1-2H3. The summed E-state index contributed by atoms with van der Waals surface area (Å²) in [5.41, 5.74) is 1.60. The second-order valence-electron chi connectivity index (χ2n) is 2.74. The first-order chi connectivity index (χ1) is 4.33. The third kappa shape index (κ3) is 1.83. The molecule has 0 spiro atoms. The lowest BCUT2D eigenvalue weighted by Crippen LogP contribution is -2.25. The van der Waals surface area contributed by atoms with Gasteiger partial charge in [0.15, 0.2) is 0 Å². The maximum absolute atomic E-state index is 2.38. The van der Waals surface area contributed by atoms with Crippen LogP contribution in [0.2, 0.25) is 0 Å². The van der Waals surface area contributed by atoms with Crippen molar-refractivity contribution in [3.8, 4) is 0 Å². The van der Waals surface area contributed by atoms with E-state index in [1.54, 1.807) is 5.57 Å². The Morgan fingerprint density at radius 3 is 2.89 bits per heavy atom. The average molecular weight is 125 g/mol. The Labute approximate surface area is 57.4 Å². The van der Waals surface area contributed by atoms with Gasteiger partial charge in [-0.3, -0.25) is 0 Å². The normalized spacial score (nSPS) is 21.8. The second kappa shape index (κ2) is 3.02. The fourth-order valence-corrected chi connectivity index (χ4v) is 1.24. The molecular formula is C8H15N. The SMILES string of the molecule is CCC1=CCCN(C)C1. The molecule has 1 nitrogen and oxygen atoms in total. The van der Waals surface area contributed by atoms with Crippen molar-refractivity contribution in [1.82, 2.24) is 4.90 Å². The molecule has 9 heavy (non-hydrogen) atoms. The molecular weight excluding hydrogens is 110 g/mol. The van der Waals surface area contributed by atoms with E-state index in [0.29, 0.717) is 0 Å². The predicted octanol–water partition coefficient (Wildman–Crippen LogP) is 1.66. The Morgan fingerprint density at radius 1 is 1.67 bits per heavy atom. The fourth-order valence-electron chi connectivity index (χ4n) is 1.24. The molecule has 0 saturated carbocycles. The Morgan fingerprint density at radius 2 is 2.44 bits per heavy atom. The van der Waals surface area contributed by atoms with Gasteiger partial charge in [-0.05, 0) is 19.9 Å². The molecule has 0 unspecified atom stereocenters. The molecule has 0 aromatic carbocycles. The molecule has 1 heteroatoms. The molecule has 1 heterocycles. The van der Waals surface area contributed by atoms with Crippen molar-refractivity contribution in [3.05, 3.63) is 11.6 Å². The number of likely N-dealkylation sites (N-methyl/N-ethyl adjacent to an activating group) is 1. The highest BCUT2D eigenvalue weighted by Gasteiger charge is 2.04. The summed E-state index contributed by atoms with van der Waals surface area (Å²) in [6.07, 6.45) is 4.85. The molecule has 0 radical (unpaired) electrons. The minimum Gasteiger partial charge on any atom is -0.302 e. The van der Waals surface area contributed by atoms with Crippen molar-refractivity contribution in [3.63, 3.8) is 0 Å². The zero-order valence-corrected chi connectivity index (χ0v) is 6.35. The summed E-state index contributed by atoms with van der Waals surface area (Å²) >= 11 is 0. The van der Waals surface area contributed by atoms with Crippen LogP contribution in [0.3, 0.4) is 0 Å². The molecule has 0 aromatic rings. The number of nitrogens with zero attached hydrogens (tertiary/aromatic N) is 1. The van der Waals surface area contributed by atoms with Gasteiger partial charge in [-0.25, -0.2) is 0 Å². The summed E-state index contributed by atoms with van der Waals surface area (Å²) in [7, 11) is 2.18. The van der Waals surface area contributed by atoms with E-state index >= 15 is 0 Å². The summed E-state index contributed by atoms with van der Waals surface area (Å²) in [6.45, 7) is 4.66. The highest BCUT2D eigenvalue weighted by molar-refractivity contribution is 5.06. The quantitative estimate of drug-likeness (QED) is 0.482. The number of hydrogen-bond acceptors (Lipinski definition) is 1. The Balaban J connectivity index is 2.43. The maximum atomic E-state index is 2.38. The van der Waals surface area contributed by atoms with Crippen molar-refractivity contribution in [2.24, 2.45) is 0 Å². The molecule has 0 atom stereocenters. The average Bonchev–Trinajstić information content (AvgIpc) is 1.88. The van der Waals surface area contributed by atoms with Gasteiger partial charge in [0.25, 0.3) is 0 Å². The van der Waals surface area contributed by atoms with Crippen molar-refractivity contribution in [2.45, 2.75) is 19.8 Å². The van der Waals surface area contributed by atoms with Crippen LogP contribution in [0, 0.1) is 0 Å². The molecule has 0 aromatic heterocycles. The van der Waals surface area contributed by atoms with Gasteiger partial charge in [-0.15, -0.1) is 0 Å². The smallest absolute Gasteiger partial charge is 0.0189 e. The van der Waals surface area contributed by atoms with Gasteiger partial charge in [-0.2, -0.15) is 0 Å². The highest BCUT2D eigenvalue weighted by Crippen LogP contribution is 2.09. The van der Waals surface area contributed by atoms with E-state index < -0.39 is 0 Å². The lowest BCUT2D eigenvalue weighted by Gasteiger charge is -2.21. The zero-order chi connectivity index (χ0) is 6.69. The third-order valence-corrected chi connectivity index (χ3v) is 1.87. The molecule has 0 aliphatic carbocycles. The Kier molecular flexibility index (Phi) is 2.29. The van der Waals surface area contributed by atoms with Crippen LogP contribution < -0.4 is 0 Å².